The molecule has 40 heavy (non-hydrogen) atoms. The van der Waals surface area contributed by atoms with Gasteiger partial charge in [-0.1, -0.05) is 48.2 Å². The summed E-state index contributed by atoms with van der Waals surface area (Å²) in [5, 5.41) is 26.8. The van der Waals surface area contributed by atoms with Crippen LogP contribution in [0.25, 0.3) is 10.9 Å². The monoisotopic (exact) mass is 556 g/mol. The number of hydrogen-bond donors (Lipinski definition) is 2. The van der Waals surface area contributed by atoms with Crippen LogP contribution in [0.4, 0.5) is 15.8 Å². The predicted molar refractivity (Wildman–Crippen MR) is 154 cm³/mol. The van der Waals surface area contributed by atoms with Gasteiger partial charge < -0.3 is 10.6 Å². The summed E-state index contributed by atoms with van der Waals surface area (Å²) in [6.45, 7) is 0. The fourth-order valence-electron chi connectivity index (χ4n) is 6.58. The Kier molecular flexibility index (Phi) is 6.25. The van der Waals surface area contributed by atoms with Crippen LogP contribution in [0.2, 0.25) is 5.02 Å². The van der Waals surface area contributed by atoms with Crippen molar-refractivity contribution in [3.8, 4) is 6.07 Å². The van der Waals surface area contributed by atoms with E-state index in [1.165, 1.54) is 37.8 Å². The summed E-state index contributed by atoms with van der Waals surface area (Å²) in [5.74, 6) is 1.07. The van der Waals surface area contributed by atoms with Gasteiger partial charge >= 0.3 is 0 Å². The third-order valence-electron chi connectivity index (χ3n) is 8.61. The van der Waals surface area contributed by atoms with Crippen LogP contribution in [-0.4, -0.2) is 26.0 Å². The normalized spacial score (nSPS) is 24.1. The van der Waals surface area contributed by atoms with Gasteiger partial charge in [-0.3, -0.25) is 4.98 Å². The minimum Gasteiger partial charge on any atom is -0.381 e. The molecule has 3 fully saturated rings. The second-order valence-electron chi connectivity index (χ2n) is 11.5. The van der Waals surface area contributed by atoms with Crippen molar-refractivity contribution in [3.05, 3.63) is 76.5 Å². The summed E-state index contributed by atoms with van der Waals surface area (Å²) in [4.78, 5) is 4.52. The van der Waals surface area contributed by atoms with Gasteiger partial charge in [0.05, 0.1) is 41.4 Å². The zero-order chi connectivity index (χ0) is 28.1. The number of hydrogen-bond acceptors (Lipinski definition) is 6. The SMILES string of the molecule is [2H][C@@](Nc1cc(Cl)c2ncc(C#N)c(NC3CC4CCCC(C4)C3)c2c1)(c1ccc(F)cc1)c1cn(C2CC2)nn1. The summed E-state index contributed by atoms with van der Waals surface area (Å²) < 4.78 is 25.3. The largest absolute Gasteiger partial charge is 0.381 e. The van der Waals surface area contributed by atoms with E-state index in [4.69, 9.17) is 11.6 Å². The lowest BCUT2D eigenvalue weighted by Crippen LogP contribution is -2.34. The van der Waals surface area contributed by atoms with Crippen LogP contribution >= 0.6 is 11.6 Å². The van der Waals surface area contributed by atoms with E-state index in [-0.39, 0.29) is 11.9 Å². The first kappa shape index (κ1) is 24.1. The second kappa shape index (κ2) is 10.4. The first-order chi connectivity index (χ1) is 19.9. The minimum absolute atomic E-state index is 0.277. The predicted octanol–water partition coefficient (Wildman–Crippen LogP) is 7.41. The van der Waals surface area contributed by atoms with Crippen LogP contribution in [0.5, 0.6) is 0 Å². The van der Waals surface area contributed by atoms with Crippen LogP contribution in [0.3, 0.4) is 0 Å². The summed E-state index contributed by atoms with van der Waals surface area (Å²) in [5.41, 5.74) is 3.24. The summed E-state index contributed by atoms with van der Waals surface area (Å²) >= 11 is 6.79. The van der Waals surface area contributed by atoms with Crippen molar-refractivity contribution in [2.75, 3.05) is 10.6 Å². The molecular formula is C31H31ClFN7. The van der Waals surface area contributed by atoms with Gasteiger partial charge in [0.15, 0.2) is 0 Å². The highest BCUT2D eigenvalue weighted by Crippen LogP contribution is 2.42. The van der Waals surface area contributed by atoms with Gasteiger partial charge in [-0.25, -0.2) is 9.07 Å². The van der Waals surface area contributed by atoms with Gasteiger partial charge in [0.2, 0.25) is 0 Å². The molecule has 204 valence electrons. The molecule has 0 saturated heterocycles. The number of pyridine rings is 1. The van der Waals surface area contributed by atoms with Crippen molar-refractivity contribution in [1.82, 2.24) is 20.0 Å². The average molecular weight is 557 g/mol. The first-order valence-corrected chi connectivity index (χ1v) is 14.5. The van der Waals surface area contributed by atoms with Gasteiger partial charge in [-0.15, -0.1) is 5.10 Å². The van der Waals surface area contributed by atoms with Crippen molar-refractivity contribution in [2.45, 2.75) is 69.5 Å². The summed E-state index contributed by atoms with van der Waals surface area (Å²) in [6.07, 6.45) is 12.8. The van der Waals surface area contributed by atoms with Crippen LogP contribution in [0.15, 0.2) is 48.8 Å². The van der Waals surface area contributed by atoms with Crippen molar-refractivity contribution in [1.29, 1.82) is 5.26 Å². The van der Waals surface area contributed by atoms with E-state index < -0.39 is 6.02 Å². The summed E-state index contributed by atoms with van der Waals surface area (Å²) in [7, 11) is 0. The second-order valence-corrected chi connectivity index (χ2v) is 12.0. The van der Waals surface area contributed by atoms with Gasteiger partial charge in [0.1, 0.15) is 17.6 Å². The van der Waals surface area contributed by atoms with Gasteiger partial charge in [0, 0.05) is 23.3 Å². The number of anilines is 2. The van der Waals surface area contributed by atoms with Crippen molar-refractivity contribution in [3.63, 3.8) is 0 Å². The van der Waals surface area contributed by atoms with E-state index in [1.54, 1.807) is 35.3 Å². The molecule has 3 atom stereocenters. The minimum atomic E-state index is -1.58. The Balaban J connectivity index is 1.29. The molecule has 3 aliphatic rings. The zero-order valence-corrected chi connectivity index (χ0v) is 22.8. The molecule has 0 spiro atoms. The molecule has 2 aromatic heterocycles. The molecule has 2 bridgehead atoms. The standard InChI is InChI=1S/C31H31ClFN7/c32-27-14-24(37-30(20-4-6-22(33)7-5-20)28-17-40(39-38-28)25-8-9-25)13-26-29(21(15-34)16-35-31(26)27)36-23-11-18-2-1-3-19(10-18)12-23/h4-7,13-14,16-19,23,25,30,37H,1-3,8-12H2,(H,35,36)/t18?,19?,23?,30-/m1/s1/i30D. The maximum Gasteiger partial charge on any atom is 0.123 e. The van der Waals surface area contributed by atoms with Gasteiger partial charge in [-0.05, 0) is 73.8 Å². The smallest absolute Gasteiger partial charge is 0.123 e. The molecule has 0 radical (unpaired) electrons. The fraction of sp³-hybridized carbons (Fsp3) is 0.419. The molecule has 2 N–H and O–H groups in total. The van der Waals surface area contributed by atoms with Gasteiger partial charge in [0.25, 0.3) is 0 Å². The molecule has 3 aliphatic carbocycles. The molecule has 2 heterocycles. The quantitative estimate of drug-likeness (QED) is 0.246. The fourth-order valence-corrected chi connectivity index (χ4v) is 6.85. The summed E-state index contributed by atoms with van der Waals surface area (Å²) in [6, 6.07) is 10.8. The van der Waals surface area contributed by atoms with Crippen LogP contribution in [0, 0.1) is 29.0 Å². The topological polar surface area (TPSA) is 91.5 Å². The lowest BCUT2D eigenvalue weighted by Gasteiger charge is -2.39. The lowest BCUT2D eigenvalue weighted by atomic mass is 9.70. The Bertz CT molecular complexity index is 1630. The third kappa shape index (κ3) is 4.99. The lowest BCUT2D eigenvalue weighted by molar-refractivity contribution is 0.178. The van der Waals surface area contributed by atoms with Crippen molar-refractivity contribution >= 4 is 33.9 Å². The third-order valence-corrected chi connectivity index (χ3v) is 8.90. The molecule has 3 saturated carbocycles. The van der Waals surface area contributed by atoms with Crippen LogP contribution in [0.1, 0.15) is 81.6 Å². The highest BCUT2D eigenvalue weighted by molar-refractivity contribution is 6.35. The van der Waals surface area contributed by atoms with Crippen molar-refractivity contribution < 1.29 is 5.76 Å². The molecule has 2 unspecified atom stereocenters. The van der Waals surface area contributed by atoms with Crippen LogP contribution < -0.4 is 10.6 Å². The number of nitriles is 1. The van der Waals surface area contributed by atoms with E-state index >= 15 is 0 Å². The number of fused-ring (bicyclic) bond motifs is 3. The maximum absolute atomic E-state index is 13.9. The highest BCUT2D eigenvalue weighted by atomic mass is 35.5. The molecular weight excluding hydrogens is 525 g/mol. The number of nitrogens with one attached hydrogen (secondary N) is 2. The Hall–Kier alpha value is -3.70. The number of benzene rings is 2. The number of aromatic nitrogens is 4. The molecule has 9 heteroatoms. The van der Waals surface area contributed by atoms with E-state index in [2.05, 4.69) is 32.0 Å². The average Bonchev–Trinajstić information content (AvgIpc) is 3.69. The van der Waals surface area contributed by atoms with E-state index in [0.717, 1.165) is 48.6 Å². The number of halogens is 2. The number of nitrogens with zero attached hydrogens (tertiary/aromatic N) is 5. The Morgan fingerprint density at radius 2 is 1.88 bits per heavy atom. The molecule has 4 aromatic rings. The van der Waals surface area contributed by atoms with E-state index in [9.17, 15) is 11.0 Å². The Labute approximate surface area is 239 Å². The van der Waals surface area contributed by atoms with Gasteiger partial charge in [-0.2, -0.15) is 5.26 Å². The molecule has 2 aromatic carbocycles. The maximum atomic E-state index is 13.9. The van der Waals surface area contributed by atoms with Crippen molar-refractivity contribution in [2.24, 2.45) is 11.8 Å². The van der Waals surface area contributed by atoms with E-state index in [0.29, 0.717) is 39.1 Å². The Morgan fingerprint density at radius 3 is 2.60 bits per heavy atom. The molecule has 7 rings (SSSR count). The first-order valence-electron chi connectivity index (χ1n) is 14.6. The molecule has 7 nitrogen and oxygen atoms in total. The highest BCUT2D eigenvalue weighted by Gasteiger charge is 2.32. The molecule has 0 amide bonds. The Morgan fingerprint density at radius 1 is 1.10 bits per heavy atom. The molecule has 0 aliphatic heterocycles. The zero-order valence-electron chi connectivity index (χ0n) is 23.1. The number of rotatable bonds is 7. The van der Waals surface area contributed by atoms with E-state index in [1.807, 2.05) is 6.07 Å². The van der Waals surface area contributed by atoms with Crippen LogP contribution in [-0.2, 0) is 0 Å².